The van der Waals surface area contributed by atoms with Crippen LogP contribution in [-0.2, 0) is 9.63 Å². The van der Waals surface area contributed by atoms with E-state index < -0.39 is 11.3 Å². The molecule has 1 aliphatic rings. The van der Waals surface area contributed by atoms with Crippen LogP contribution in [0.15, 0.2) is 5.16 Å². The summed E-state index contributed by atoms with van der Waals surface area (Å²) in [6.45, 7) is 2.78. The van der Waals surface area contributed by atoms with Crippen LogP contribution < -0.4 is 0 Å². The topological polar surface area (TPSA) is 65.4 Å². The van der Waals surface area contributed by atoms with Crippen molar-refractivity contribution >= 4 is 22.7 Å². The number of hydrogen-bond acceptors (Lipinski definition) is 5. The first-order valence-corrected chi connectivity index (χ1v) is 7.31. The fourth-order valence-electron chi connectivity index (χ4n) is 2.09. The SMILES string of the molecule is CN(C)C(CC(=O)Cl)=NOCC(O)CN1CCCCC1. The number of aliphatic hydroxyl groups excluding tert-OH is 1. The van der Waals surface area contributed by atoms with Gasteiger partial charge in [0.1, 0.15) is 12.7 Å². The number of likely N-dealkylation sites (tertiary alicyclic amines) is 1. The van der Waals surface area contributed by atoms with E-state index in [4.69, 9.17) is 16.4 Å². The van der Waals surface area contributed by atoms with Crippen molar-refractivity contribution in [2.24, 2.45) is 5.16 Å². The summed E-state index contributed by atoms with van der Waals surface area (Å²) < 4.78 is 0. The molecule has 0 aromatic heterocycles. The molecule has 6 nitrogen and oxygen atoms in total. The largest absolute Gasteiger partial charge is 0.392 e. The smallest absolute Gasteiger partial charge is 0.229 e. The Hall–Kier alpha value is -0.850. The van der Waals surface area contributed by atoms with Crippen LogP contribution >= 0.6 is 11.6 Å². The summed E-state index contributed by atoms with van der Waals surface area (Å²) in [5.41, 5.74) is 0. The van der Waals surface area contributed by atoms with Crippen LogP contribution in [0.4, 0.5) is 0 Å². The highest BCUT2D eigenvalue weighted by Gasteiger charge is 2.15. The lowest BCUT2D eigenvalue weighted by atomic mass is 10.1. The number of oxime groups is 1. The highest BCUT2D eigenvalue weighted by atomic mass is 35.5. The van der Waals surface area contributed by atoms with E-state index in [1.165, 1.54) is 19.3 Å². The van der Waals surface area contributed by atoms with Gasteiger partial charge < -0.3 is 19.7 Å². The van der Waals surface area contributed by atoms with E-state index in [1.54, 1.807) is 19.0 Å². The molecule has 0 saturated carbocycles. The Balaban J connectivity index is 2.30. The number of rotatable bonds is 7. The molecule has 0 aliphatic carbocycles. The zero-order chi connectivity index (χ0) is 15.0. The molecule has 116 valence electrons. The van der Waals surface area contributed by atoms with Crippen molar-refractivity contribution < 1.29 is 14.7 Å². The van der Waals surface area contributed by atoms with Crippen molar-refractivity contribution in [2.75, 3.05) is 40.3 Å². The summed E-state index contributed by atoms with van der Waals surface area (Å²) in [4.78, 5) is 19.9. The molecular weight excluding hydrogens is 282 g/mol. The first-order valence-electron chi connectivity index (χ1n) is 6.94. The van der Waals surface area contributed by atoms with Crippen LogP contribution in [-0.4, -0.2) is 72.4 Å². The first kappa shape index (κ1) is 17.2. The molecule has 1 rings (SSSR count). The van der Waals surface area contributed by atoms with Gasteiger partial charge in [0.25, 0.3) is 0 Å². The maximum Gasteiger partial charge on any atom is 0.229 e. The van der Waals surface area contributed by atoms with Crippen molar-refractivity contribution in [3.05, 3.63) is 0 Å². The highest BCUT2D eigenvalue weighted by molar-refractivity contribution is 6.65. The fraction of sp³-hybridized carbons (Fsp3) is 0.846. The number of carbonyl (C=O) groups is 1. The van der Waals surface area contributed by atoms with Gasteiger partial charge >= 0.3 is 0 Å². The molecule has 1 N–H and O–H groups in total. The van der Waals surface area contributed by atoms with E-state index in [1.807, 2.05) is 0 Å². The Kier molecular flexibility index (Phi) is 7.87. The van der Waals surface area contributed by atoms with Gasteiger partial charge in [0, 0.05) is 20.6 Å². The predicted octanol–water partition coefficient (Wildman–Crippen LogP) is 0.880. The van der Waals surface area contributed by atoms with Gasteiger partial charge in [-0.15, -0.1) is 0 Å². The standard InChI is InChI=1S/C13H24ClN3O3/c1-16(2)13(8-12(14)19)15-20-10-11(18)9-17-6-4-3-5-7-17/h11,18H,3-10H2,1-2H3. The average Bonchev–Trinajstić information content (AvgIpc) is 2.38. The Morgan fingerprint density at radius 3 is 2.60 bits per heavy atom. The predicted molar refractivity (Wildman–Crippen MR) is 78.8 cm³/mol. The number of β-amino-alcohol motifs (C(OH)–C–C–N with tert-alkyl or cyclic N) is 1. The van der Waals surface area contributed by atoms with E-state index in [9.17, 15) is 9.90 Å². The van der Waals surface area contributed by atoms with E-state index in [2.05, 4.69) is 10.1 Å². The zero-order valence-corrected chi connectivity index (χ0v) is 13.0. The lowest BCUT2D eigenvalue weighted by molar-refractivity contribution is -0.110. The zero-order valence-electron chi connectivity index (χ0n) is 12.2. The third-order valence-electron chi connectivity index (χ3n) is 3.17. The van der Waals surface area contributed by atoms with Crippen LogP contribution in [0.2, 0.25) is 0 Å². The molecule has 1 heterocycles. The molecule has 1 unspecified atom stereocenters. The number of aliphatic hydroxyl groups is 1. The molecule has 0 aromatic rings. The summed E-state index contributed by atoms with van der Waals surface area (Å²) in [6, 6.07) is 0. The summed E-state index contributed by atoms with van der Waals surface area (Å²) in [6.07, 6.45) is 3.08. The number of hydrogen-bond donors (Lipinski definition) is 1. The van der Waals surface area contributed by atoms with Crippen LogP contribution in [0.5, 0.6) is 0 Å². The lowest BCUT2D eigenvalue weighted by Gasteiger charge is -2.28. The second-order valence-electron chi connectivity index (χ2n) is 5.24. The summed E-state index contributed by atoms with van der Waals surface area (Å²) in [5, 5.41) is 13.3. The molecule has 20 heavy (non-hydrogen) atoms. The van der Waals surface area contributed by atoms with E-state index >= 15 is 0 Å². The van der Waals surface area contributed by atoms with Crippen molar-refractivity contribution in [3.63, 3.8) is 0 Å². The second kappa shape index (κ2) is 9.15. The quantitative estimate of drug-likeness (QED) is 0.327. The van der Waals surface area contributed by atoms with Crippen LogP contribution in [0.25, 0.3) is 0 Å². The van der Waals surface area contributed by atoms with Gasteiger partial charge in [-0.25, -0.2) is 0 Å². The Labute approximate surface area is 125 Å². The van der Waals surface area contributed by atoms with Crippen LogP contribution in [0.1, 0.15) is 25.7 Å². The summed E-state index contributed by atoms with van der Waals surface area (Å²) >= 11 is 5.33. The van der Waals surface area contributed by atoms with E-state index in [-0.39, 0.29) is 13.0 Å². The molecule has 0 spiro atoms. The van der Waals surface area contributed by atoms with E-state index in [0.29, 0.717) is 12.4 Å². The van der Waals surface area contributed by atoms with Crippen LogP contribution in [0.3, 0.4) is 0 Å². The highest BCUT2D eigenvalue weighted by Crippen LogP contribution is 2.09. The van der Waals surface area contributed by atoms with Gasteiger partial charge in [-0.2, -0.15) is 0 Å². The van der Waals surface area contributed by atoms with Crippen molar-refractivity contribution in [3.8, 4) is 0 Å². The minimum Gasteiger partial charge on any atom is -0.392 e. The molecule has 1 atom stereocenters. The monoisotopic (exact) mass is 305 g/mol. The normalized spacial score (nSPS) is 18.7. The average molecular weight is 306 g/mol. The molecule has 0 aromatic carbocycles. The Morgan fingerprint density at radius 1 is 1.40 bits per heavy atom. The number of piperidine rings is 1. The van der Waals surface area contributed by atoms with Crippen molar-refractivity contribution in [2.45, 2.75) is 31.8 Å². The van der Waals surface area contributed by atoms with E-state index in [0.717, 1.165) is 13.1 Å². The maximum absolute atomic E-state index is 10.9. The molecule has 1 fully saturated rings. The minimum atomic E-state index is -0.577. The van der Waals surface area contributed by atoms with Crippen molar-refractivity contribution in [1.82, 2.24) is 9.80 Å². The Morgan fingerprint density at radius 2 is 2.05 bits per heavy atom. The van der Waals surface area contributed by atoms with Crippen LogP contribution in [0, 0.1) is 0 Å². The third-order valence-corrected chi connectivity index (χ3v) is 3.30. The number of halogens is 1. The second-order valence-corrected chi connectivity index (χ2v) is 5.67. The summed E-state index contributed by atoms with van der Waals surface area (Å²) in [7, 11) is 3.51. The molecular formula is C13H24ClN3O3. The number of nitrogens with zero attached hydrogens (tertiary/aromatic N) is 3. The first-order chi connectivity index (χ1) is 9.49. The van der Waals surface area contributed by atoms with Crippen molar-refractivity contribution in [1.29, 1.82) is 0 Å². The molecule has 0 amide bonds. The molecule has 7 heteroatoms. The lowest BCUT2D eigenvalue weighted by Crippen LogP contribution is -2.38. The number of amidine groups is 1. The molecule has 1 saturated heterocycles. The van der Waals surface area contributed by atoms with Gasteiger partial charge in [-0.05, 0) is 37.5 Å². The third kappa shape index (κ3) is 7.07. The molecule has 1 aliphatic heterocycles. The van der Waals surface area contributed by atoms with Gasteiger partial charge in [0.05, 0.1) is 6.42 Å². The minimum absolute atomic E-state index is 0.0107. The molecule has 0 radical (unpaired) electrons. The molecule has 0 bridgehead atoms. The van der Waals surface area contributed by atoms with Gasteiger partial charge in [0.15, 0.2) is 5.84 Å². The van der Waals surface area contributed by atoms with Gasteiger partial charge in [0.2, 0.25) is 5.24 Å². The Bertz CT molecular complexity index is 331. The maximum atomic E-state index is 10.9. The van der Waals surface area contributed by atoms with Gasteiger partial charge in [-0.3, -0.25) is 4.79 Å². The fourth-order valence-corrected chi connectivity index (χ4v) is 2.21. The number of carbonyl (C=O) groups excluding carboxylic acids is 1. The summed E-state index contributed by atoms with van der Waals surface area (Å²) in [5.74, 6) is 0.440. The van der Waals surface area contributed by atoms with Gasteiger partial charge in [-0.1, -0.05) is 11.6 Å².